The number of ether oxygens (including phenoxy) is 1. The van der Waals surface area contributed by atoms with Gasteiger partial charge >= 0.3 is 0 Å². The van der Waals surface area contributed by atoms with Gasteiger partial charge in [0.2, 0.25) is 16.0 Å². The summed E-state index contributed by atoms with van der Waals surface area (Å²) in [5, 5.41) is 0. The minimum atomic E-state index is -3.12. The van der Waals surface area contributed by atoms with Crippen LogP contribution in [0.25, 0.3) is 0 Å². The second kappa shape index (κ2) is 7.20. The van der Waals surface area contributed by atoms with Crippen LogP contribution < -0.4 is 9.80 Å². The van der Waals surface area contributed by atoms with Gasteiger partial charge in [0.1, 0.15) is 5.82 Å². The normalized spacial score (nSPS) is 20.4. The molecule has 2 saturated heterocycles. The van der Waals surface area contributed by atoms with Crippen molar-refractivity contribution in [3.05, 3.63) is 11.8 Å². The topological polar surface area (TPSA) is 78.9 Å². The summed E-state index contributed by atoms with van der Waals surface area (Å²) in [6.45, 7) is 8.94. The van der Waals surface area contributed by atoms with Crippen LogP contribution in [0.1, 0.15) is 12.6 Å². The monoisotopic (exact) mass is 355 g/mol. The maximum Gasteiger partial charge on any atom is 0.227 e. The second-order valence-corrected chi connectivity index (χ2v) is 8.31. The number of morpholine rings is 1. The molecule has 3 rings (SSSR count). The van der Waals surface area contributed by atoms with Gasteiger partial charge in [0.25, 0.3) is 0 Å². The Hall–Kier alpha value is -1.45. The van der Waals surface area contributed by atoms with Gasteiger partial charge in [0, 0.05) is 51.0 Å². The minimum absolute atomic E-state index is 0.148. The Morgan fingerprint density at radius 3 is 2.33 bits per heavy atom. The Kier molecular flexibility index (Phi) is 5.21. The fourth-order valence-electron chi connectivity index (χ4n) is 2.98. The number of piperazine rings is 1. The van der Waals surface area contributed by atoms with Crippen molar-refractivity contribution >= 4 is 21.8 Å². The van der Waals surface area contributed by atoms with Crippen molar-refractivity contribution in [2.45, 2.75) is 13.8 Å². The first-order chi connectivity index (χ1) is 11.5. The standard InChI is InChI=1S/C15H25N5O3S/c1-3-24(21,22)20-6-4-19(5-7-20)15-16-13(2)12-14(17-15)18-8-10-23-11-9-18/h12H,3-11H2,1-2H3. The Morgan fingerprint density at radius 1 is 1.04 bits per heavy atom. The molecule has 0 saturated carbocycles. The molecule has 134 valence electrons. The van der Waals surface area contributed by atoms with E-state index in [1.807, 2.05) is 13.0 Å². The molecule has 0 amide bonds. The van der Waals surface area contributed by atoms with E-state index in [0.717, 1.165) is 24.6 Å². The second-order valence-electron chi connectivity index (χ2n) is 6.05. The van der Waals surface area contributed by atoms with Gasteiger partial charge in [-0.05, 0) is 13.8 Å². The van der Waals surface area contributed by atoms with Crippen LogP contribution in [0.2, 0.25) is 0 Å². The first-order valence-electron chi connectivity index (χ1n) is 8.41. The molecule has 2 aliphatic rings. The number of hydrogen-bond acceptors (Lipinski definition) is 7. The molecule has 2 fully saturated rings. The van der Waals surface area contributed by atoms with E-state index in [4.69, 9.17) is 9.72 Å². The lowest BCUT2D eigenvalue weighted by molar-refractivity contribution is 0.122. The van der Waals surface area contributed by atoms with Crippen molar-refractivity contribution in [2.75, 3.05) is 68.0 Å². The molecule has 3 heterocycles. The smallest absolute Gasteiger partial charge is 0.227 e. The highest BCUT2D eigenvalue weighted by atomic mass is 32.2. The fraction of sp³-hybridized carbons (Fsp3) is 0.733. The molecule has 0 aliphatic carbocycles. The number of hydrogen-bond donors (Lipinski definition) is 0. The number of rotatable bonds is 4. The average molecular weight is 355 g/mol. The largest absolute Gasteiger partial charge is 0.378 e. The summed E-state index contributed by atoms with van der Waals surface area (Å²) in [6, 6.07) is 1.99. The van der Waals surface area contributed by atoms with Gasteiger partial charge in [-0.25, -0.2) is 13.4 Å². The van der Waals surface area contributed by atoms with Crippen LogP contribution in [0, 0.1) is 6.92 Å². The molecule has 0 unspecified atom stereocenters. The summed E-state index contributed by atoms with van der Waals surface area (Å²) in [6.07, 6.45) is 0. The summed E-state index contributed by atoms with van der Waals surface area (Å²) in [5.74, 6) is 1.75. The minimum Gasteiger partial charge on any atom is -0.378 e. The summed E-state index contributed by atoms with van der Waals surface area (Å²) in [5.41, 5.74) is 0.921. The summed E-state index contributed by atoms with van der Waals surface area (Å²) < 4.78 is 30.9. The number of aryl methyl sites for hydroxylation is 1. The molecular formula is C15H25N5O3S. The van der Waals surface area contributed by atoms with Gasteiger partial charge in [-0.1, -0.05) is 0 Å². The van der Waals surface area contributed by atoms with Gasteiger partial charge in [0.05, 0.1) is 19.0 Å². The van der Waals surface area contributed by atoms with E-state index in [2.05, 4.69) is 14.8 Å². The molecule has 24 heavy (non-hydrogen) atoms. The molecule has 0 N–H and O–H groups in total. The van der Waals surface area contributed by atoms with Gasteiger partial charge in [-0.3, -0.25) is 0 Å². The van der Waals surface area contributed by atoms with E-state index in [0.29, 0.717) is 45.3 Å². The summed E-state index contributed by atoms with van der Waals surface area (Å²) in [4.78, 5) is 13.5. The highest BCUT2D eigenvalue weighted by Gasteiger charge is 2.27. The Bertz CT molecular complexity index is 668. The number of sulfonamides is 1. The summed E-state index contributed by atoms with van der Waals surface area (Å²) >= 11 is 0. The van der Waals surface area contributed by atoms with Crippen LogP contribution in [0.4, 0.5) is 11.8 Å². The predicted molar refractivity (Wildman–Crippen MR) is 93.0 cm³/mol. The predicted octanol–water partition coefficient (Wildman–Crippen LogP) is 0.0933. The third-order valence-electron chi connectivity index (χ3n) is 4.44. The van der Waals surface area contributed by atoms with Crippen LogP contribution in [-0.4, -0.2) is 80.9 Å². The average Bonchev–Trinajstić information content (AvgIpc) is 2.62. The van der Waals surface area contributed by atoms with Crippen molar-refractivity contribution in [2.24, 2.45) is 0 Å². The third kappa shape index (κ3) is 3.79. The van der Waals surface area contributed by atoms with Gasteiger partial charge in [-0.2, -0.15) is 9.29 Å². The molecule has 1 aromatic heterocycles. The first kappa shape index (κ1) is 17.4. The van der Waals surface area contributed by atoms with Crippen molar-refractivity contribution in [1.82, 2.24) is 14.3 Å². The van der Waals surface area contributed by atoms with Crippen LogP contribution in [0.5, 0.6) is 0 Å². The molecule has 0 bridgehead atoms. The Labute approximate surface area is 143 Å². The fourth-order valence-corrected chi connectivity index (χ4v) is 4.07. The zero-order valence-corrected chi connectivity index (χ0v) is 15.1. The number of nitrogens with zero attached hydrogens (tertiary/aromatic N) is 5. The van der Waals surface area contributed by atoms with Gasteiger partial charge < -0.3 is 14.5 Å². The number of anilines is 2. The lowest BCUT2D eigenvalue weighted by Gasteiger charge is -2.34. The lowest BCUT2D eigenvalue weighted by atomic mass is 10.3. The van der Waals surface area contributed by atoms with E-state index in [-0.39, 0.29) is 5.75 Å². The molecule has 0 radical (unpaired) electrons. The molecule has 8 nitrogen and oxygen atoms in total. The maximum atomic E-state index is 12.0. The Balaban J connectivity index is 1.72. The SMILES string of the molecule is CCS(=O)(=O)N1CCN(c2nc(C)cc(N3CCOCC3)n2)CC1. The molecule has 9 heteroatoms. The van der Waals surface area contributed by atoms with Crippen molar-refractivity contribution in [3.8, 4) is 0 Å². The van der Waals surface area contributed by atoms with Crippen LogP contribution in [0.15, 0.2) is 6.07 Å². The molecule has 0 aromatic carbocycles. The number of aromatic nitrogens is 2. The van der Waals surface area contributed by atoms with Crippen molar-refractivity contribution in [3.63, 3.8) is 0 Å². The van der Waals surface area contributed by atoms with Crippen LogP contribution in [-0.2, 0) is 14.8 Å². The van der Waals surface area contributed by atoms with E-state index in [1.165, 1.54) is 0 Å². The maximum absolute atomic E-state index is 12.0. The molecular weight excluding hydrogens is 330 g/mol. The van der Waals surface area contributed by atoms with Crippen molar-refractivity contribution in [1.29, 1.82) is 0 Å². The van der Waals surface area contributed by atoms with E-state index < -0.39 is 10.0 Å². The lowest BCUT2D eigenvalue weighted by Crippen LogP contribution is -2.49. The quantitative estimate of drug-likeness (QED) is 0.757. The van der Waals surface area contributed by atoms with Crippen molar-refractivity contribution < 1.29 is 13.2 Å². The zero-order valence-electron chi connectivity index (χ0n) is 14.3. The van der Waals surface area contributed by atoms with E-state index in [9.17, 15) is 8.42 Å². The van der Waals surface area contributed by atoms with Crippen LogP contribution >= 0.6 is 0 Å². The van der Waals surface area contributed by atoms with Gasteiger partial charge in [0.15, 0.2) is 0 Å². The van der Waals surface area contributed by atoms with Gasteiger partial charge in [-0.15, -0.1) is 0 Å². The van der Waals surface area contributed by atoms with E-state index in [1.54, 1.807) is 11.2 Å². The van der Waals surface area contributed by atoms with Crippen LogP contribution in [0.3, 0.4) is 0 Å². The highest BCUT2D eigenvalue weighted by molar-refractivity contribution is 7.89. The molecule has 0 spiro atoms. The summed E-state index contributed by atoms with van der Waals surface area (Å²) in [7, 11) is -3.12. The molecule has 1 aromatic rings. The third-order valence-corrected chi connectivity index (χ3v) is 6.33. The first-order valence-corrected chi connectivity index (χ1v) is 10.0. The highest BCUT2D eigenvalue weighted by Crippen LogP contribution is 2.20. The van der Waals surface area contributed by atoms with E-state index >= 15 is 0 Å². The Morgan fingerprint density at radius 2 is 1.71 bits per heavy atom. The molecule has 0 atom stereocenters. The molecule has 2 aliphatic heterocycles. The zero-order chi connectivity index (χ0) is 17.2.